The summed E-state index contributed by atoms with van der Waals surface area (Å²) in [5.41, 5.74) is 9.27. The molecule has 2 aromatic rings. The fraction of sp³-hybridized carbons (Fsp3) is 0.333. The maximum atomic E-state index is 5.67. The number of aromatic nitrogens is 3. The Kier molecular flexibility index (Phi) is 2.13. The number of nitrogens with two attached hydrogens (primary N) is 1. The Hall–Kier alpha value is -1.84. The third-order valence-corrected chi connectivity index (χ3v) is 3.02. The molecule has 1 aliphatic carbocycles. The standard InChI is InChI=1S/C12H14N4/c13-12-7-10(5-6-14-12)16-8-9-3-1-2-4-11(9)15-16/h5-8H,1-4H2,(H2,13,14). The first-order chi connectivity index (χ1) is 7.83. The summed E-state index contributed by atoms with van der Waals surface area (Å²) in [6.45, 7) is 0. The summed E-state index contributed by atoms with van der Waals surface area (Å²) in [4.78, 5) is 3.98. The zero-order valence-corrected chi connectivity index (χ0v) is 9.06. The van der Waals surface area contributed by atoms with Crippen LogP contribution in [0.1, 0.15) is 24.1 Å². The van der Waals surface area contributed by atoms with E-state index in [1.54, 1.807) is 6.20 Å². The molecule has 0 amide bonds. The fourth-order valence-electron chi connectivity index (χ4n) is 2.18. The lowest BCUT2D eigenvalue weighted by molar-refractivity contribution is 0.671. The average Bonchev–Trinajstić information content (AvgIpc) is 2.72. The minimum atomic E-state index is 0.533. The van der Waals surface area contributed by atoms with Crippen molar-refractivity contribution in [2.75, 3.05) is 5.73 Å². The maximum absolute atomic E-state index is 5.67. The van der Waals surface area contributed by atoms with Crippen LogP contribution in [0, 0.1) is 0 Å². The van der Waals surface area contributed by atoms with E-state index in [0.29, 0.717) is 5.82 Å². The maximum Gasteiger partial charge on any atom is 0.125 e. The first kappa shape index (κ1) is 9.39. The van der Waals surface area contributed by atoms with Gasteiger partial charge in [-0.05, 0) is 37.3 Å². The summed E-state index contributed by atoms with van der Waals surface area (Å²) < 4.78 is 1.91. The predicted octanol–water partition coefficient (Wildman–Crippen LogP) is 1.73. The lowest BCUT2D eigenvalue weighted by Crippen LogP contribution is -2.00. The number of rotatable bonds is 1. The molecular weight excluding hydrogens is 200 g/mol. The Morgan fingerprint density at radius 3 is 2.94 bits per heavy atom. The molecular formula is C12H14N4. The highest BCUT2D eigenvalue weighted by Crippen LogP contribution is 2.21. The van der Waals surface area contributed by atoms with Crippen LogP contribution >= 0.6 is 0 Å². The monoisotopic (exact) mass is 214 g/mol. The molecule has 82 valence electrons. The van der Waals surface area contributed by atoms with Gasteiger partial charge in [-0.3, -0.25) is 0 Å². The largest absolute Gasteiger partial charge is 0.384 e. The van der Waals surface area contributed by atoms with Gasteiger partial charge in [0, 0.05) is 18.5 Å². The molecule has 2 N–H and O–H groups in total. The zero-order valence-electron chi connectivity index (χ0n) is 9.06. The molecule has 0 saturated heterocycles. The fourth-order valence-corrected chi connectivity index (χ4v) is 2.18. The molecule has 0 aromatic carbocycles. The Labute approximate surface area is 94.1 Å². The molecule has 0 atom stereocenters. The van der Waals surface area contributed by atoms with Crippen molar-refractivity contribution in [1.29, 1.82) is 0 Å². The molecule has 4 nitrogen and oxygen atoms in total. The van der Waals surface area contributed by atoms with Gasteiger partial charge in [0.15, 0.2) is 0 Å². The van der Waals surface area contributed by atoms with E-state index < -0.39 is 0 Å². The van der Waals surface area contributed by atoms with Gasteiger partial charge in [-0.15, -0.1) is 0 Å². The normalized spacial score (nSPS) is 14.8. The summed E-state index contributed by atoms with van der Waals surface area (Å²) in [6.07, 6.45) is 8.60. The van der Waals surface area contributed by atoms with Gasteiger partial charge >= 0.3 is 0 Å². The summed E-state index contributed by atoms with van der Waals surface area (Å²) in [5.74, 6) is 0.533. The topological polar surface area (TPSA) is 56.7 Å². The van der Waals surface area contributed by atoms with Crippen molar-refractivity contribution in [2.24, 2.45) is 0 Å². The predicted molar refractivity (Wildman–Crippen MR) is 62.4 cm³/mol. The second kappa shape index (κ2) is 3.63. The van der Waals surface area contributed by atoms with Crippen LogP contribution in [0.15, 0.2) is 24.5 Å². The van der Waals surface area contributed by atoms with E-state index in [4.69, 9.17) is 5.73 Å². The molecule has 0 bridgehead atoms. The first-order valence-electron chi connectivity index (χ1n) is 5.62. The smallest absolute Gasteiger partial charge is 0.125 e. The lowest BCUT2D eigenvalue weighted by Gasteiger charge is -2.06. The summed E-state index contributed by atoms with van der Waals surface area (Å²) in [6, 6.07) is 3.77. The van der Waals surface area contributed by atoms with E-state index in [0.717, 1.165) is 18.5 Å². The van der Waals surface area contributed by atoms with Crippen LogP contribution in [0.3, 0.4) is 0 Å². The van der Waals surface area contributed by atoms with Crippen molar-refractivity contribution in [3.8, 4) is 5.69 Å². The number of hydrogen-bond acceptors (Lipinski definition) is 3. The number of pyridine rings is 1. The summed E-state index contributed by atoms with van der Waals surface area (Å²) >= 11 is 0. The molecule has 0 spiro atoms. The number of hydrogen-bond donors (Lipinski definition) is 1. The number of anilines is 1. The van der Waals surface area contributed by atoms with Gasteiger partial charge in [0.25, 0.3) is 0 Å². The summed E-state index contributed by atoms with van der Waals surface area (Å²) in [7, 11) is 0. The molecule has 3 rings (SSSR count). The van der Waals surface area contributed by atoms with Crippen molar-refractivity contribution in [2.45, 2.75) is 25.7 Å². The molecule has 1 aliphatic rings. The Morgan fingerprint density at radius 1 is 1.25 bits per heavy atom. The average molecular weight is 214 g/mol. The van der Waals surface area contributed by atoms with Gasteiger partial charge in [0.2, 0.25) is 0 Å². The van der Waals surface area contributed by atoms with E-state index in [-0.39, 0.29) is 0 Å². The van der Waals surface area contributed by atoms with E-state index in [9.17, 15) is 0 Å². The van der Waals surface area contributed by atoms with Gasteiger partial charge < -0.3 is 5.73 Å². The van der Waals surface area contributed by atoms with Crippen molar-refractivity contribution in [3.05, 3.63) is 35.8 Å². The van der Waals surface area contributed by atoms with E-state index in [2.05, 4.69) is 16.3 Å². The van der Waals surface area contributed by atoms with Crippen LogP contribution in [-0.4, -0.2) is 14.8 Å². The first-order valence-corrected chi connectivity index (χ1v) is 5.62. The van der Waals surface area contributed by atoms with Crippen molar-refractivity contribution in [1.82, 2.24) is 14.8 Å². The molecule has 0 fully saturated rings. The van der Waals surface area contributed by atoms with Crippen LogP contribution in [0.5, 0.6) is 0 Å². The molecule has 0 unspecified atom stereocenters. The van der Waals surface area contributed by atoms with Crippen LogP contribution in [0.4, 0.5) is 5.82 Å². The van der Waals surface area contributed by atoms with Crippen LogP contribution in [0.2, 0.25) is 0 Å². The van der Waals surface area contributed by atoms with Gasteiger partial charge in [0.05, 0.1) is 11.4 Å². The minimum absolute atomic E-state index is 0.533. The van der Waals surface area contributed by atoms with E-state index >= 15 is 0 Å². The molecule has 0 aliphatic heterocycles. The Bertz CT molecular complexity index is 492. The van der Waals surface area contributed by atoms with Crippen molar-refractivity contribution >= 4 is 5.82 Å². The third-order valence-electron chi connectivity index (χ3n) is 3.02. The number of nitrogens with zero attached hydrogens (tertiary/aromatic N) is 3. The number of nitrogen functional groups attached to an aromatic ring is 1. The number of aryl methyl sites for hydroxylation is 2. The molecule has 2 aromatic heterocycles. The highest BCUT2D eigenvalue weighted by atomic mass is 15.3. The molecule has 2 heterocycles. The molecule has 0 radical (unpaired) electrons. The second-order valence-corrected chi connectivity index (χ2v) is 4.19. The van der Waals surface area contributed by atoms with Crippen molar-refractivity contribution < 1.29 is 0 Å². The number of fused-ring (bicyclic) bond motifs is 1. The van der Waals surface area contributed by atoms with Gasteiger partial charge in [-0.25, -0.2) is 9.67 Å². The van der Waals surface area contributed by atoms with Gasteiger partial charge in [-0.1, -0.05) is 0 Å². The van der Waals surface area contributed by atoms with E-state index in [1.807, 2.05) is 16.8 Å². The van der Waals surface area contributed by atoms with Crippen LogP contribution in [0.25, 0.3) is 5.69 Å². The van der Waals surface area contributed by atoms with Crippen LogP contribution in [-0.2, 0) is 12.8 Å². The second-order valence-electron chi connectivity index (χ2n) is 4.19. The van der Waals surface area contributed by atoms with Gasteiger partial charge in [-0.2, -0.15) is 5.10 Å². The SMILES string of the molecule is Nc1cc(-n2cc3c(n2)CCCC3)ccn1. The van der Waals surface area contributed by atoms with Gasteiger partial charge in [0.1, 0.15) is 5.82 Å². The third kappa shape index (κ3) is 1.56. The molecule has 16 heavy (non-hydrogen) atoms. The summed E-state index contributed by atoms with van der Waals surface area (Å²) in [5, 5.41) is 4.60. The van der Waals surface area contributed by atoms with Crippen molar-refractivity contribution in [3.63, 3.8) is 0 Å². The molecule has 0 saturated carbocycles. The lowest BCUT2D eigenvalue weighted by atomic mass is 9.99. The Balaban J connectivity index is 2.03. The quantitative estimate of drug-likeness (QED) is 0.786. The molecule has 4 heteroatoms. The van der Waals surface area contributed by atoms with Crippen LogP contribution < -0.4 is 5.73 Å². The highest BCUT2D eigenvalue weighted by Gasteiger charge is 2.13. The van der Waals surface area contributed by atoms with E-state index in [1.165, 1.54) is 24.1 Å². The Morgan fingerprint density at radius 2 is 2.12 bits per heavy atom. The minimum Gasteiger partial charge on any atom is -0.384 e. The highest BCUT2D eigenvalue weighted by molar-refractivity contribution is 5.41. The zero-order chi connectivity index (χ0) is 11.0.